The normalized spacial score (nSPS) is 13.5. The van der Waals surface area contributed by atoms with Crippen LogP contribution in [0.15, 0.2) is 54.9 Å². The number of nitrogens with one attached hydrogen (secondary N) is 2. The minimum atomic E-state index is 0.508. The minimum Gasteiger partial charge on any atom is -0.366 e. The molecule has 1 aliphatic rings. The van der Waals surface area contributed by atoms with Crippen LogP contribution in [0, 0.1) is 6.92 Å². The van der Waals surface area contributed by atoms with E-state index in [2.05, 4.69) is 56.8 Å². The predicted octanol–water partition coefficient (Wildman–Crippen LogP) is 4.03. The zero-order valence-electron chi connectivity index (χ0n) is 14.2. The Morgan fingerprint density at radius 1 is 1.08 bits per heavy atom. The van der Waals surface area contributed by atoms with Crippen LogP contribution in [0.2, 0.25) is 0 Å². The number of rotatable bonds is 6. The second-order valence-electron chi connectivity index (χ2n) is 6.46. The SMILES string of the molecule is Cc1cccc(CNc2cc(-c3cccnc3)nc(NC3CC3)n2)c1. The average Bonchev–Trinajstić information content (AvgIpc) is 3.45. The number of hydrogen-bond donors (Lipinski definition) is 2. The van der Waals surface area contributed by atoms with E-state index in [1.54, 1.807) is 6.20 Å². The zero-order chi connectivity index (χ0) is 17.1. The van der Waals surface area contributed by atoms with Crippen LogP contribution in [0.4, 0.5) is 11.8 Å². The third-order valence-electron chi connectivity index (χ3n) is 4.15. The van der Waals surface area contributed by atoms with Crippen molar-refractivity contribution < 1.29 is 0 Å². The monoisotopic (exact) mass is 331 g/mol. The molecule has 2 aromatic heterocycles. The van der Waals surface area contributed by atoms with Gasteiger partial charge in [0, 0.05) is 36.6 Å². The summed E-state index contributed by atoms with van der Waals surface area (Å²) >= 11 is 0. The summed E-state index contributed by atoms with van der Waals surface area (Å²) in [4.78, 5) is 13.5. The first-order valence-electron chi connectivity index (χ1n) is 8.62. The van der Waals surface area contributed by atoms with Crippen LogP contribution >= 0.6 is 0 Å². The van der Waals surface area contributed by atoms with E-state index in [9.17, 15) is 0 Å². The molecule has 5 nitrogen and oxygen atoms in total. The average molecular weight is 331 g/mol. The highest BCUT2D eigenvalue weighted by Crippen LogP contribution is 2.26. The van der Waals surface area contributed by atoms with Crippen molar-refractivity contribution in [1.29, 1.82) is 0 Å². The molecule has 3 aromatic rings. The number of nitrogens with zero attached hydrogens (tertiary/aromatic N) is 3. The maximum absolute atomic E-state index is 4.65. The molecule has 5 heteroatoms. The molecule has 126 valence electrons. The van der Waals surface area contributed by atoms with E-state index in [4.69, 9.17) is 0 Å². The molecular weight excluding hydrogens is 310 g/mol. The summed E-state index contributed by atoms with van der Waals surface area (Å²) in [7, 11) is 0. The van der Waals surface area contributed by atoms with Gasteiger partial charge in [-0.3, -0.25) is 4.98 Å². The molecule has 1 aromatic carbocycles. The fourth-order valence-electron chi connectivity index (χ4n) is 2.69. The fourth-order valence-corrected chi connectivity index (χ4v) is 2.69. The van der Waals surface area contributed by atoms with Gasteiger partial charge in [-0.15, -0.1) is 0 Å². The van der Waals surface area contributed by atoms with Gasteiger partial charge in [-0.25, -0.2) is 4.98 Å². The van der Waals surface area contributed by atoms with Crippen LogP contribution in [0.3, 0.4) is 0 Å². The lowest BCUT2D eigenvalue weighted by Crippen LogP contribution is -2.09. The van der Waals surface area contributed by atoms with Gasteiger partial charge in [0.15, 0.2) is 0 Å². The number of anilines is 2. The van der Waals surface area contributed by atoms with Crippen molar-refractivity contribution in [3.05, 3.63) is 66.0 Å². The third kappa shape index (κ3) is 4.12. The molecule has 0 saturated heterocycles. The van der Waals surface area contributed by atoms with Gasteiger partial charge in [0.25, 0.3) is 0 Å². The zero-order valence-corrected chi connectivity index (χ0v) is 14.2. The van der Waals surface area contributed by atoms with E-state index in [1.807, 2.05) is 24.4 Å². The van der Waals surface area contributed by atoms with E-state index in [1.165, 1.54) is 24.0 Å². The van der Waals surface area contributed by atoms with E-state index >= 15 is 0 Å². The highest BCUT2D eigenvalue weighted by Gasteiger charge is 2.22. The van der Waals surface area contributed by atoms with Crippen molar-refractivity contribution in [2.75, 3.05) is 10.6 Å². The molecule has 0 spiro atoms. The highest BCUT2D eigenvalue weighted by atomic mass is 15.2. The van der Waals surface area contributed by atoms with Crippen molar-refractivity contribution in [1.82, 2.24) is 15.0 Å². The fraction of sp³-hybridized carbons (Fsp3) is 0.250. The van der Waals surface area contributed by atoms with E-state index in [0.29, 0.717) is 12.0 Å². The van der Waals surface area contributed by atoms with Gasteiger partial charge in [0.05, 0.1) is 5.69 Å². The Hall–Kier alpha value is -2.95. The molecular formula is C20H21N5. The van der Waals surface area contributed by atoms with Gasteiger partial charge >= 0.3 is 0 Å². The predicted molar refractivity (Wildman–Crippen MR) is 100 cm³/mol. The Balaban J connectivity index is 1.59. The van der Waals surface area contributed by atoms with Gasteiger partial charge in [0.1, 0.15) is 5.82 Å². The maximum Gasteiger partial charge on any atom is 0.225 e. The molecule has 25 heavy (non-hydrogen) atoms. The molecule has 1 saturated carbocycles. The van der Waals surface area contributed by atoms with Crippen molar-refractivity contribution in [3.63, 3.8) is 0 Å². The smallest absolute Gasteiger partial charge is 0.225 e. The van der Waals surface area contributed by atoms with Crippen molar-refractivity contribution >= 4 is 11.8 Å². The van der Waals surface area contributed by atoms with Crippen LogP contribution in [0.5, 0.6) is 0 Å². The summed E-state index contributed by atoms with van der Waals surface area (Å²) < 4.78 is 0. The molecule has 0 aliphatic heterocycles. The summed E-state index contributed by atoms with van der Waals surface area (Å²) in [5, 5.41) is 6.81. The molecule has 0 amide bonds. The van der Waals surface area contributed by atoms with Crippen molar-refractivity contribution in [2.45, 2.75) is 32.4 Å². The minimum absolute atomic E-state index is 0.508. The standard InChI is InChI=1S/C20H21N5/c1-14-4-2-5-15(10-14)12-22-19-11-18(16-6-3-9-21-13-16)24-20(25-19)23-17-7-8-17/h2-6,9-11,13,17H,7-8,12H2,1H3,(H2,22,23,24,25). The Morgan fingerprint density at radius 3 is 2.76 bits per heavy atom. The third-order valence-corrected chi connectivity index (χ3v) is 4.15. The summed E-state index contributed by atoms with van der Waals surface area (Å²) in [6.45, 7) is 2.83. The second kappa shape index (κ2) is 6.89. The Kier molecular flexibility index (Phi) is 4.29. The molecule has 0 radical (unpaired) electrons. The van der Waals surface area contributed by atoms with Gasteiger partial charge in [-0.2, -0.15) is 4.98 Å². The van der Waals surface area contributed by atoms with Crippen LogP contribution in [0.1, 0.15) is 24.0 Å². The lowest BCUT2D eigenvalue weighted by Gasteiger charge is -2.11. The van der Waals surface area contributed by atoms with E-state index < -0.39 is 0 Å². The quantitative estimate of drug-likeness (QED) is 0.714. The first-order chi connectivity index (χ1) is 12.3. The first kappa shape index (κ1) is 15.6. The molecule has 2 N–H and O–H groups in total. The molecule has 0 unspecified atom stereocenters. The number of pyridine rings is 1. The van der Waals surface area contributed by atoms with Crippen molar-refractivity contribution in [3.8, 4) is 11.3 Å². The van der Waals surface area contributed by atoms with Crippen LogP contribution in [-0.2, 0) is 6.54 Å². The van der Waals surface area contributed by atoms with Gasteiger partial charge in [-0.05, 0) is 37.5 Å². The number of aromatic nitrogens is 3. The maximum atomic E-state index is 4.65. The van der Waals surface area contributed by atoms with Gasteiger partial charge in [0.2, 0.25) is 5.95 Å². The lowest BCUT2D eigenvalue weighted by atomic mass is 10.1. The summed E-state index contributed by atoms with van der Waals surface area (Å²) in [6, 6.07) is 14.9. The van der Waals surface area contributed by atoms with Gasteiger partial charge in [-0.1, -0.05) is 29.8 Å². The van der Waals surface area contributed by atoms with Crippen LogP contribution < -0.4 is 10.6 Å². The summed E-state index contributed by atoms with van der Waals surface area (Å²) in [6.07, 6.45) is 5.97. The second-order valence-corrected chi connectivity index (χ2v) is 6.46. The lowest BCUT2D eigenvalue weighted by molar-refractivity contribution is 1.03. The van der Waals surface area contributed by atoms with Crippen LogP contribution in [-0.4, -0.2) is 21.0 Å². The summed E-state index contributed by atoms with van der Waals surface area (Å²) in [5.41, 5.74) is 4.35. The highest BCUT2D eigenvalue weighted by molar-refractivity contribution is 5.63. The number of aryl methyl sites for hydroxylation is 1. The Morgan fingerprint density at radius 2 is 2.00 bits per heavy atom. The van der Waals surface area contributed by atoms with Crippen LogP contribution in [0.25, 0.3) is 11.3 Å². The molecule has 0 atom stereocenters. The van der Waals surface area contributed by atoms with E-state index in [0.717, 1.165) is 23.6 Å². The van der Waals surface area contributed by atoms with Crippen molar-refractivity contribution in [2.24, 2.45) is 0 Å². The molecule has 0 bridgehead atoms. The topological polar surface area (TPSA) is 62.7 Å². The molecule has 1 fully saturated rings. The Labute approximate surface area is 147 Å². The number of benzene rings is 1. The summed E-state index contributed by atoms with van der Waals surface area (Å²) in [5.74, 6) is 1.49. The Bertz CT molecular complexity index is 859. The molecule has 2 heterocycles. The first-order valence-corrected chi connectivity index (χ1v) is 8.62. The number of hydrogen-bond acceptors (Lipinski definition) is 5. The molecule has 1 aliphatic carbocycles. The molecule has 4 rings (SSSR count). The largest absolute Gasteiger partial charge is 0.366 e. The van der Waals surface area contributed by atoms with Gasteiger partial charge < -0.3 is 10.6 Å². The van der Waals surface area contributed by atoms with E-state index in [-0.39, 0.29) is 0 Å².